The van der Waals surface area contributed by atoms with Crippen LogP contribution in [0.4, 0.5) is 0 Å². The monoisotopic (exact) mass is 284 g/mol. The highest BCUT2D eigenvalue weighted by molar-refractivity contribution is 7.20. The molecular formula is C15H12N2O2S. The number of rotatable bonds is 3. The second kappa shape index (κ2) is 4.94. The molecule has 0 aliphatic heterocycles. The standard InChI is InChI=1S/C15H12N2O2S/c1-19-10-7-11(9-5-3-2-4-6-9)13-12(8-10)17-15(20-13)14(16)18/h2-8H,1H3,(H2,16,18). The van der Waals surface area contributed by atoms with Gasteiger partial charge in [0.1, 0.15) is 5.75 Å². The molecule has 0 fully saturated rings. The summed E-state index contributed by atoms with van der Waals surface area (Å²) < 4.78 is 6.24. The van der Waals surface area contributed by atoms with Gasteiger partial charge in [-0.2, -0.15) is 0 Å². The summed E-state index contributed by atoms with van der Waals surface area (Å²) >= 11 is 1.30. The fourth-order valence-corrected chi connectivity index (χ4v) is 3.00. The Bertz CT molecular complexity index is 781. The van der Waals surface area contributed by atoms with Gasteiger partial charge in [-0.1, -0.05) is 30.3 Å². The van der Waals surface area contributed by atoms with E-state index >= 15 is 0 Å². The molecule has 3 rings (SSSR count). The van der Waals surface area contributed by atoms with Gasteiger partial charge in [-0.25, -0.2) is 4.98 Å². The van der Waals surface area contributed by atoms with Crippen molar-refractivity contribution in [3.63, 3.8) is 0 Å². The van der Waals surface area contributed by atoms with Crippen LogP contribution in [0.1, 0.15) is 9.80 Å². The zero-order valence-electron chi connectivity index (χ0n) is 10.8. The van der Waals surface area contributed by atoms with E-state index in [1.807, 2.05) is 42.5 Å². The summed E-state index contributed by atoms with van der Waals surface area (Å²) in [5, 5.41) is 0.311. The Morgan fingerprint density at radius 1 is 1.25 bits per heavy atom. The van der Waals surface area contributed by atoms with Crippen molar-refractivity contribution in [2.24, 2.45) is 5.73 Å². The van der Waals surface area contributed by atoms with Crippen LogP contribution < -0.4 is 10.5 Å². The number of nitrogens with zero attached hydrogens (tertiary/aromatic N) is 1. The zero-order valence-corrected chi connectivity index (χ0v) is 11.6. The highest BCUT2D eigenvalue weighted by Crippen LogP contribution is 2.36. The quantitative estimate of drug-likeness (QED) is 0.803. The molecule has 0 atom stereocenters. The van der Waals surface area contributed by atoms with Crippen molar-refractivity contribution < 1.29 is 9.53 Å². The smallest absolute Gasteiger partial charge is 0.277 e. The van der Waals surface area contributed by atoms with E-state index in [1.54, 1.807) is 7.11 Å². The van der Waals surface area contributed by atoms with Crippen molar-refractivity contribution >= 4 is 27.5 Å². The number of primary amides is 1. The van der Waals surface area contributed by atoms with Gasteiger partial charge in [0, 0.05) is 11.6 Å². The van der Waals surface area contributed by atoms with Crippen molar-refractivity contribution in [3.8, 4) is 16.9 Å². The first-order valence-corrected chi connectivity index (χ1v) is 6.84. The van der Waals surface area contributed by atoms with E-state index in [-0.39, 0.29) is 0 Å². The lowest BCUT2D eigenvalue weighted by Gasteiger charge is -2.06. The molecule has 0 radical (unpaired) electrons. The van der Waals surface area contributed by atoms with E-state index in [2.05, 4.69) is 4.98 Å². The minimum absolute atomic E-state index is 0.311. The molecule has 2 aromatic carbocycles. The van der Waals surface area contributed by atoms with Gasteiger partial charge in [0.25, 0.3) is 5.91 Å². The fraction of sp³-hybridized carbons (Fsp3) is 0.0667. The van der Waals surface area contributed by atoms with Crippen LogP contribution >= 0.6 is 11.3 Å². The Labute approximate surface area is 119 Å². The number of carbonyl (C=O) groups is 1. The molecule has 4 nitrogen and oxygen atoms in total. The third kappa shape index (κ3) is 2.12. The maximum absolute atomic E-state index is 11.3. The van der Waals surface area contributed by atoms with Crippen LogP contribution in [0.5, 0.6) is 5.75 Å². The average molecular weight is 284 g/mol. The summed E-state index contributed by atoms with van der Waals surface area (Å²) in [6, 6.07) is 13.7. The molecule has 1 aromatic heterocycles. The minimum Gasteiger partial charge on any atom is -0.497 e. The summed E-state index contributed by atoms with van der Waals surface area (Å²) in [7, 11) is 1.61. The van der Waals surface area contributed by atoms with E-state index in [0.29, 0.717) is 10.8 Å². The molecule has 5 heteroatoms. The largest absolute Gasteiger partial charge is 0.497 e. The topological polar surface area (TPSA) is 65.2 Å². The summed E-state index contributed by atoms with van der Waals surface area (Å²) in [4.78, 5) is 15.6. The normalized spacial score (nSPS) is 10.7. The van der Waals surface area contributed by atoms with Gasteiger partial charge in [0.05, 0.1) is 17.3 Å². The Hall–Kier alpha value is -2.40. The lowest BCUT2D eigenvalue weighted by atomic mass is 10.1. The average Bonchev–Trinajstić information content (AvgIpc) is 2.91. The van der Waals surface area contributed by atoms with Crippen LogP contribution in [0.3, 0.4) is 0 Å². The van der Waals surface area contributed by atoms with Crippen LogP contribution in [0, 0.1) is 0 Å². The predicted octanol–water partition coefficient (Wildman–Crippen LogP) is 3.07. The SMILES string of the molecule is COc1cc(-c2ccccc2)c2sc(C(N)=O)nc2c1. The molecule has 3 aromatic rings. The minimum atomic E-state index is -0.510. The van der Waals surface area contributed by atoms with E-state index < -0.39 is 5.91 Å². The second-order valence-electron chi connectivity index (χ2n) is 4.27. The number of carbonyl (C=O) groups excluding carboxylic acids is 1. The predicted molar refractivity (Wildman–Crippen MR) is 80.1 cm³/mol. The number of fused-ring (bicyclic) bond motifs is 1. The van der Waals surface area contributed by atoms with Gasteiger partial charge >= 0.3 is 0 Å². The van der Waals surface area contributed by atoms with Crippen molar-refractivity contribution in [2.75, 3.05) is 7.11 Å². The van der Waals surface area contributed by atoms with E-state index in [4.69, 9.17) is 10.5 Å². The van der Waals surface area contributed by atoms with E-state index in [9.17, 15) is 4.79 Å². The number of benzene rings is 2. The van der Waals surface area contributed by atoms with Crippen molar-refractivity contribution in [3.05, 3.63) is 47.5 Å². The number of ether oxygens (including phenoxy) is 1. The first-order chi connectivity index (χ1) is 9.69. The molecule has 100 valence electrons. The highest BCUT2D eigenvalue weighted by atomic mass is 32.1. The molecule has 20 heavy (non-hydrogen) atoms. The molecular weight excluding hydrogens is 272 g/mol. The Kier molecular flexibility index (Phi) is 3.12. The van der Waals surface area contributed by atoms with E-state index in [0.717, 1.165) is 21.3 Å². The maximum atomic E-state index is 11.3. The van der Waals surface area contributed by atoms with Crippen LogP contribution in [-0.2, 0) is 0 Å². The fourth-order valence-electron chi connectivity index (χ4n) is 2.06. The first kappa shape index (κ1) is 12.6. The van der Waals surface area contributed by atoms with Gasteiger partial charge in [-0.15, -0.1) is 11.3 Å². The van der Waals surface area contributed by atoms with E-state index in [1.165, 1.54) is 11.3 Å². The van der Waals surface area contributed by atoms with Gasteiger partial charge in [-0.05, 0) is 11.6 Å². The molecule has 0 saturated heterocycles. The van der Waals surface area contributed by atoms with Crippen LogP contribution in [0.2, 0.25) is 0 Å². The van der Waals surface area contributed by atoms with Crippen molar-refractivity contribution in [1.29, 1.82) is 0 Å². The second-order valence-corrected chi connectivity index (χ2v) is 5.27. The number of amides is 1. The number of methoxy groups -OCH3 is 1. The van der Waals surface area contributed by atoms with Crippen LogP contribution in [0.15, 0.2) is 42.5 Å². The van der Waals surface area contributed by atoms with Gasteiger partial charge in [-0.3, -0.25) is 4.79 Å². The van der Waals surface area contributed by atoms with Crippen LogP contribution in [0.25, 0.3) is 21.3 Å². The summed E-state index contributed by atoms with van der Waals surface area (Å²) in [6.07, 6.45) is 0. The maximum Gasteiger partial charge on any atom is 0.277 e. The van der Waals surface area contributed by atoms with Crippen molar-refractivity contribution in [2.45, 2.75) is 0 Å². The zero-order chi connectivity index (χ0) is 14.1. The molecule has 0 spiro atoms. The summed E-state index contributed by atoms with van der Waals surface area (Å²) in [5.41, 5.74) is 8.08. The Balaban J connectivity index is 2.31. The molecule has 1 heterocycles. The lowest BCUT2D eigenvalue weighted by Crippen LogP contribution is -2.09. The highest BCUT2D eigenvalue weighted by Gasteiger charge is 2.14. The number of aromatic nitrogens is 1. The molecule has 2 N–H and O–H groups in total. The molecule has 0 aliphatic rings. The van der Waals surface area contributed by atoms with Gasteiger partial charge in [0.15, 0.2) is 5.01 Å². The third-order valence-corrected chi connectivity index (χ3v) is 4.11. The molecule has 0 unspecified atom stereocenters. The first-order valence-electron chi connectivity index (χ1n) is 6.03. The summed E-state index contributed by atoms with van der Waals surface area (Å²) in [6.45, 7) is 0. The van der Waals surface area contributed by atoms with Crippen molar-refractivity contribution in [1.82, 2.24) is 4.98 Å². The molecule has 0 bridgehead atoms. The Morgan fingerprint density at radius 3 is 2.65 bits per heavy atom. The number of nitrogens with two attached hydrogens (primary N) is 1. The lowest BCUT2D eigenvalue weighted by molar-refractivity contribution is 0.1000. The Morgan fingerprint density at radius 2 is 2.00 bits per heavy atom. The number of hydrogen-bond donors (Lipinski definition) is 1. The molecule has 0 aliphatic carbocycles. The number of hydrogen-bond acceptors (Lipinski definition) is 4. The summed E-state index contributed by atoms with van der Waals surface area (Å²) in [5.74, 6) is 0.196. The molecule has 0 saturated carbocycles. The third-order valence-electron chi connectivity index (χ3n) is 2.99. The number of thiazole rings is 1. The molecule has 1 amide bonds. The van der Waals surface area contributed by atoms with Crippen LogP contribution in [-0.4, -0.2) is 18.0 Å². The van der Waals surface area contributed by atoms with Gasteiger partial charge < -0.3 is 10.5 Å². The van der Waals surface area contributed by atoms with Gasteiger partial charge in [0.2, 0.25) is 0 Å².